The topological polar surface area (TPSA) is 40.5 Å². The summed E-state index contributed by atoms with van der Waals surface area (Å²) in [5, 5.41) is 10.1. The van der Waals surface area contributed by atoms with Gasteiger partial charge in [0.1, 0.15) is 0 Å². The third-order valence-electron chi connectivity index (χ3n) is 6.76. The molecular formula is C25H31NO2. The van der Waals surface area contributed by atoms with Gasteiger partial charge in [0.15, 0.2) is 0 Å². The monoisotopic (exact) mass is 377 g/mol. The summed E-state index contributed by atoms with van der Waals surface area (Å²) >= 11 is 0. The standard InChI is InChI=1S/C25H31NO2/c1-2-24(27)20-13-15-26(16-14-20)25(28)17-23-21-9-5-3-7-18(21)11-12-19-8-4-6-10-22(19)23/h3-10,20,23-24,27H,2,11-17H2,1H3/t24-/m1/s1. The van der Waals surface area contributed by atoms with Crippen LogP contribution in [0.2, 0.25) is 0 Å². The van der Waals surface area contributed by atoms with Gasteiger partial charge >= 0.3 is 0 Å². The summed E-state index contributed by atoms with van der Waals surface area (Å²) in [6.45, 7) is 3.58. The van der Waals surface area contributed by atoms with Crippen LogP contribution in [0.25, 0.3) is 0 Å². The summed E-state index contributed by atoms with van der Waals surface area (Å²) in [5.41, 5.74) is 5.39. The van der Waals surface area contributed by atoms with E-state index >= 15 is 0 Å². The van der Waals surface area contributed by atoms with Crippen molar-refractivity contribution in [1.82, 2.24) is 4.90 Å². The summed E-state index contributed by atoms with van der Waals surface area (Å²) in [7, 11) is 0. The maximum Gasteiger partial charge on any atom is 0.223 e. The van der Waals surface area contributed by atoms with Gasteiger partial charge in [0.05, 0.1) is 6.10 Å². The number of carbonyl (C=O) groups excluding carboxylic acids is 1. The van der Waals surface area contributed by atoms with Crippen molar-refractivity contribution >= 4 is 5.91 Å². The number of benzene rings is 2. The van der Waals surface area contributed by atoms with E-state index in [4.69, 9.17) is 0 Å². The van der Waals surface area contributed by atoms with Gasteiger partial charge in [-0.1, -0.05) is 55.5 Å². The summed E-state index contributed by atoms with van der Waals surface area (Å²) in [6.07, 6.45) is 5.02. The van der Waals surface area contributed by atoms with E-state index in [9.17, 15) is 9.90 Å². The van der Waals surface area contributed by atoms with Crippen LogP contribution >= 0.6 is 0 Å². The molecule has 28 heavy (non-hydrogen) atoms. The average molecular weight is 378 g/mol. The van der Waals surface area contributed by atoms with Crippen molar-refractivity contribution in [2.75, 3.05) is 13.1 Å². The number of rotatable bonds is 4. The minimum atomic E-state index is -0.224. The number of likely N-dealkylation sites (tertiary alicyclic amines) is 1. The Balaban J connectivity index is 1.54. The van der Waals surface area contributed by atoms with E-state index in [1.807, 2.05) is 11.8 Å². The molecule has 148 valence electrons. The van der Waals surface area contributed by atoms with Crippen molar-refractivity contribution in [1.29, 1.82) is 0 Å². The molecule has 0 unspecified atom stereocenters. The van der Waals surface area contributed by atoms with Gasteiger partial charge in [0.2, 0.25) is 5.91 Å². The van der Waals surface area contributed by atoms with E-state index in [0.717, 1.165) is 45.2 Å². The molecular weight excluding hydrogens is 346 g/mol. The molecule has 0 aromatic heterocycles. The molecule has 2 aliphatic rings. The molecule has 1 saturated heterocycles. The number of fused-ring (bicyclic) bond motifs is 2. The van der Waals surface area contributed by atoms with Crippen LogP contribution < -0.4 is 0 Å². The highest BCUT2D eigenvalue weighted by atomic mass is 16.3. The molecule has 1 N–H and O–H groups in total. The highest BCUT2D eigenvalue weighted by molar-refractivity contribution is 5.78. The molecule has 4 rings (SSSR count). The summed E-state index contributed by atoms with van der Waals surface area (Å²) in [4.78, 5) is 15.2. The molecule has 0 radical (unpaired) electrons. The maximum absolute atomic E-state index is 13.2. The zero-order valence-electron chi connectivity index (χ0n) is 16.8. The van der Waals surface area contributed by atoms with Crippen LogP contribution in [0.15, 0.2) is 48.5 Å². The molecule has 0 spiro atoms. The fourth-order valence-corrected chi connectivity index (χ4v) is 5.03. The molecule has 1 aliphatic carbocycles. The van der Waals surface area contributed by atoms with Crippen molar-refractivity contribution in [3.05, 3.63) is 70.8 Å². The first-order chi connectivity index (χ1) is 13.7. The van der Waals surface area contributed by atoms with Crippen LogP contribution in [0, 0.1) is 5.92 Å². The fourth-order valence-electron chi connectivity index (χ4n) is 5.03. The smallest absolute Gasteiger partial charge is 0.223 e. The van der Waals surface area contributed by atoms with Crippen LogP contribution in [0.1, 0.15) is 60.8 Å². The minimum absolute atomic E-state index is 0.140. The minimum Gasteiger partial charge on any atom is -0.393 e. The van der Waals surface area contributed by atoms with E-state index in [-0.39, 0.29) is 17.9 Å². The number of aliphatic hydroxyl groups is 1. The quantitative estimate of drug-likeness (QED) is 0.862. The third-order valence-corrected chi connectivity index (χ3v) is 6.76. The van der Waals surface area contributed by atoms with E-state index in [1.54, 1.807) is 0 Å². The van der Waals surface area contributed by atoms with E-state index < -0.39 is 0 Å². The van der Waals surface area contributed by atoms with Crippen LogP contribution in [0.4, 0.5) is 0 Å². The SMILES string of the molecule is CC[C@@H](O)C1CCN(C(=O)CC2c3ccccc3CCc3ccccc32)CC1. The molecule has 0 saturated carbocycles. The van der Waals surface area contributed by atoms with Gasteiger partial charge in [0, 0.05) is 25.4 Å². The van der Waals surface area contributed by atoms with E-state index in [1.165, 1.54) is 22.3 Å². The highest BCUT2D eigenvalue weighted by Gasteiger charge is 2.30. The van der Waals surface area contributed by atoms with E-state index in [0.29, 0.717) is 12.3 Å². The molecule has 1 aliphatic heterocycles. The first-order valence-electron chi connectivity index (χ1n) is 10.8. The Morgan fingerprint density at radius 3 is 2.07 bits per heavy atom. The number of hydrogen-bond acceptors (Lipinski definition) is 2. The number of aryl methyl sites for hydroxylation is 2. The van der Waals surface area contributed by atoms with Gasteiger partial charge in [-0.2, -0.15) is 0 Å². The second-order valence-electron chi connectivity index (χ2n) is 8.35. The molecule has 2 aromatic rings. The third kappa shape index (κ3) is 3.86. The van der Waals surface area contributed by atoms with Crippen molar-refractivity contribution in [3.63, 3.8) is 0 Å². The fraction of sp³-hybridized carbons (Fsp3) is 0.480. The lowest BCUT2D eigenvalue weighted by molar-refractivity contribution is -0.133. The van der Waals surface area contributed by atoms with Gasteiger partial charge in [-0.15, -0.1) is 0 Å². The Bertz CT molecular complexity index is 775. The Hall–Kier alpha value is -2.13. The van der Waals surface area contributed by atoms with Gasteiger partial charge in [-0.05, 0) is 60.3 Å². The molecule has 1 heterocycles. The first kappa shape index (κ1) is 19.2. The summed E-state index contributed by atoms with van der Waals surface area (Å²) in [5.74, 6) is 0.732. The second kappa shape index (κ2) is 8.48. The van der Waals surface area contributed by atoms with E-state index in [2.05, 4.69) is 48.5 Å². The predicted molar refractivity (Wildman–Crippen MR) is 112 cm³/mol. The first-order valence-corrected chi connectivity index (χ1v) is 10.8. The molecule has 0 bridgehead atoms. The number of hydrogen-bond donors (Lipinski definition) is 1. The number of piperidine rings is 1. The number of amides is 1. The van der Waals surface area contributed by atoms with Crippen molar-refractivity contribution in [2.24, 2.45) is 5.92 Å². The largest absolute Gasteiger partial charge is 0.393 e. The zero-order valence-corrected chi connectivity index (χ0v) is 16.8. The summed E-state index contributed by atoms with van der Waals surface area (Å²) < 4.78 is 0. The van der Waals surface area contributed by atoms with Gasteiger partial charge in [0.25, 0.3) is 0 Å². The highest BCUT2D eigenvalue weighted by Crippen LogP contribution is 2.37. The predicted octanol–water partition coefficient (Wildman–Crippen LogP) is 4.32. The van der Waals surface area contributed by atoms with Crippen molar-refractivity contribution in [2.45, 2.75) is 57.5 Å². The number of nitrogens with zero attached hydrogens (tertiary/aromatic N) is 1. The maximum atomic E-state index is 13.2. The van der Waals surface area contributed by atoms with Crippen LogP contribution in [0.5, 0.6) is 0 Å². The van der Waals surface area contributed by atoms with Crippen molar-refractivity contribution < 1.29 is 9.90 Å². The average Bonchev–Trinajstić information content (AvgIpc) is 2.91. The summed E-state index contributed by atoms with van der Waals surface area (Å²) in [6, 6.07) is 17.3. The zero-order chi connectivity index (χ0) is 19.5. The normalized spacial score (nSPS) is 18.9. The van der Waals surface area contributed by atoms with Crippen LogP contribution in [0.3, 0.4) is 0 Å². The lowest BCUT2D eigenvalue weighted by Crippen LogP contribution is -2.41. The van der Waals surface area contributed by atoms with Gasteiger partial charge < -0.3 is 10.0 Å². The second-order valence-corrected chi connectivity index (χ2v) is 8.35. The molecule has 3 nitrogen and oxygen atoms in total. The van der Waals surface area contributed by atoms with Crippen LogP contribution in [-0.2, 0) is 17.6 Å². The number of carbonyl (C=O) groups is 1. The molecule has 1 amide bonds. The lowest BCUT2D eigenvalue weighted by atomic mass is 9.84. The van der Waals surface area contributed by atoms with Crippen molar-refractivity contribution in [3.8, 4) is 0 Å². The Kier molecular flexibility index (Phi) is 5.82. The molecule has 2 aromatic carbocycles. The Morgan fingerprint density at radius 1 is 1.00 bits per heavy atom. The molecule has 3 heteroatoms. The Labute approximate surface area is 168 Å². The molecule has 1 fully saturated rings. The van der Waals surface area contributed by atoms with Crippen LogP contribution in [-0.4, -0.2) is 35.1 Å². The Morgan fingerprint density at radius 2 is 1.54 bits per heavy atom. The lowest BCUT2D eigenvalue weighted by Gasteiger charge is -2.35. The molecule has 1 atom stereocenters. The van der Waals surface area contributed by atoms with Gasteiger partial charge in [-0.3, -0.25) is 4.79 Å². The van der Waals surface area contributed by atoms with Gasteiger partial charge in [-0.25, -0.2) is 0 Å². The number of aliphatic hydroxyl groups excluding tert-OH is 1.